The topological polar surface area (TPSA) is 60.6 Å². The Morgan fingerprint density at radius 3 is 2.79 bits per heavy atom. The molecular weight excluding hydrogens is 320 g/mol. The highest BCUT2D eigenvalue weighted by Gasteiger charge is 2.23. The summed E-state index contributed by atoms with van der Waals surface area (Å²) >= 11 is 1.39. The fraction of sp³-hybridized carbons (Fsp3) is 0.333. The van der Waals surface area contributed by atoms with E-state index in [9.17, 15) is 4.79 Å². The van der Waals surface area contributed by atoms with Crippen LogP contribution in [0.1, 0.15) is 11.1 Å². The maximum Gasteiger partial charge on any atom is 0.280 e. The highest BCUT2D eigenvalue weighted by Crippen LogP contribution is 2.21. The third kappa shape index (κ3) is 3.75. The zero-order valence-electron chi connectivity index (χ0n) is 13.7. The summed E-state index contributed by atoms with van der Waals surface area (Å²) in [5, 5.41) is 14.3. The second kappa shape index (κ2) is 7.47. The van der Waals surface area contributed by atoms with Crippen molar-refractivity contribution in [3.8, 4) is 6.07 Å². The van der Waals surface area contributed by atoms with Gasteiger partial charge in [-0.25, -0.2) is 0 Å². The van der Waals surface area contributed by atoms with E-state index >= 15 is 0 Å². The molecule has 6 heteroatoms. The average Bonchev–Trinajstić information content (AvgIpc) is 3.03. The third-order valence-electron chi connectivity index (χ3n) is 4.38. The first kappa shape index (κ1) is 16.5. The molecule has 1 aromatic carbocycles. The molecule has 2 N–H and O–H groups in total. The minimum Gasteiger partial charge on any atom is -0.360 e. The lowest BCUT2D eigenvalue weighted by Crippen LogP contribution is -3.15. The standard InChI is InChI=1S/C18H20N4OS/c1-14-4-2-3-5-16(14)22-9-7-21(8-10-22)13-17(23)20-18-15(12-19)6-11-24-18/h2-6,11H,7-10,13H2,1H3,(H,20,23)/p+1. The molecule has 24 heavy (non-hydrogen) atoms. The second-order valence-electron chi connectivity index (χ2n) is 6.02. The van der Waals surface area contributed by atoms with E-state index in [0.717, 1.165) is 26.2 Å². The molecule has 0 spiro atoms. The van der Waals surface area contributed by atoms with Gasteiger partial charge in [0.1, 0.15) is 11.1 Å². The largest absolute Gasteiger partial charge is 0.360 e. The SMILES string of the molecule is Cc1ccccc1N1CC[NH+](CC(=O)Nc2sccc2C#N)CC1. The van der Waals surface area contributed by atoms with Crippen molar-refractivity contribution in [1.82, 2.24) is 0 Å². The number of carbonyl (C=O) groups is 1. The van der Waals surface area contributed by atoms with Gasteiger partial charge in [-0.3, -0.25) is 4.79 Å². The van der Waals surface area contributed by atoms with Crippen molar-refractivity contribution in [3.05, 3.63) is 46.8 Å². The third-order valence-corrected chi connectivity index (χ3v) is 5.21. The Morgan fingerprint density at radius 1 is 1.33 bits per heavy atom. The predicted octanol–water partition coefficient (Wildman–Crippen LogP) is 1.27. The minimum atomic E-state index is -0.0201. The van der Waals surface area contributed by atoms with Gasteiger partial charge < -0.3 is 15.1 Å². The van der Waals surface area contributed by atoms with Crippen LogP contribution in [0.25, 0.3) is 0 Å². The molecule has 124 valence electrons. The lowest BCUT2D eigenvalue weighted by Gasteiger charge is -2.34. The van der Waals surface area contributed by atoms with Gasteiger partial charge in [-0.15, -0.1) is 11.3 Å². The first-order chi connectivity index (χ1) is 11.7. The van der Waals surface area contributed by atoms with E-state index in [4.69, 9.17) is 5.26 Å². The first-order valence-electron chi connectivity index (χ1n) is 8.09. The normalized spacial score (nSPS) is 15.1. The number of hydrogen-bond donors (Lipinski definition) is 2. The number of rotatable bonds is 4. The van der Waals surface area contributed by atoms with Crippen LogP contribution in [0, 0.1) is 18.3 Å². The van der Waals surface area contributed by atoms with Crippen LogP contribution in [-0.2, 0) is 4.79 Å². The molecule has 1 aromatic heterocycles. The number of amides is 1. The van der Waals surface area contributed by atoms with E-state index in [1.54, 1.807) is 6.07 Å². The number of carbonyl (C=O) groups excluding carboxylic acids is 1. The van der Waals surface area contributed by atoms with Gasteiger partial charge in [-0.2, -0.15) is 5.26 Å². The molecule has 1 fully saturated rings. The van der Waals surface area contributed by atoms with Gasteiger partial charge in [0.25, 0.3) is 5.91 Å². The number of benzene rings is 1. The Labute approximate surface area is 146 Å². The molecule has 2 heterocycles. The molecule has 1 saturated heterocycles. The van der Waals surface area contributed by atoms with Crippen molar-refractivity contribution >= 4 is 27.9 Å². The summed E-state index contributed by atoms with van der Waals surface area (Å²) in [6, 6.07) is 12.3. The van der Waals surface area contributed by atoms with Crippen LogP contribution in [0.2, 0.25) is 0 Å². The van der Waals surface area contributed by atoms with E-state index in [0.29, 0.717) is 17.1 Å². The van der Waals surface area contributed by atoms with Gasteiger partial charge in [0.15, 0.2) is 6.54 Å². The smallest absolute Gasteiger partial charge is 0.280 e. The summed E-state index contributed by atoms with van der Waals surface area (Å²) in [4.78, 5) is 15.9. The van der Waals surface area contributed by atoms with Crippen LogP contribution in [0.3, 0.4) is 0 Å². The lowest BCUT2D eigenvalue weighted by atomic mass is 10.1. The Balaban J connectivity index is 1.51. The van der Waals surface area contributed by atoms with Gasteiger partial charge in [0.05, 0.1) is 31.7 Å². The maximum absolute atomic E-state index is 12.2. The Bertz CT molecular complexity index is 756. The van der Waals surface area contributed by atoms with Crippen LogP contribution in [0.4, 0.5) is 10.7 Å². The lowest BCUT2D eigenvalue weighted by molar-refractivity contribution is -0.892. The predicted molar refractivity (Wildman–Crippen MR) is 96.6 cm³/mol. The Hall–Kier alpha value is -2.36. The molecule has 0 radical (unpaired) electrons. The van der Waals surface area contributed by atoms with Gasteiger partial charge in [-0.1, -0.05) is 18.2 Å². The van der Waals surface area contributed by atoms with Gasteiger partial charge >= 0.3 is 0 Å². The van der Waals surface area contributed by atoms with Crippen molar-refractivity contribution < 1.29 is 9.69 Å². The summed E-state index contributed by atoms with van der Waals surface area (Å²) in [6.45, 7) is 6.38. The molecule has 0 atom stereocenters. The number of anilines is 2. The quantitative estimate of drug-likeness (QED) is 0.880. The van der Waals surface area contributed by atoms with E-state index < -0.39 is 0 Å². The second-order valence-corrected chi connectivity index (χ2v) is 6.94. The highest BCUT2D eigenvalue weighted by atomic mass is 32.1. The molecular formula is C18H21N4OS+. The molecule has 2 aromatic rings. The highest BCUT2D eigenvalue weighted by molar-refractivity contribution is 7.14. The van der Waals surface area contributed by atoms with Crippen molar-refractivity contribution in [3.63, 3.8) is 0 Å². The zero-order chi connectivity index (χ0) is 16.9. The molecule has 5 nitrogen and oxygen atoms in total. The van der Waals surface area contributed by atoms with Gasteiger partial charge in [0.2, 0.25) is 0 Å². The average molecular weight is 341 g/mol. The zero-order valence-corrected chi connectivity index (χ0v) is 14.5. The number of nitrogens with one attached hydrogen (secondary N) is 2. The van der Waals surface area contributed by atoms with E-state index in [-0.39, 0.29) is 5.91 Å². The fourth-order valence-corrected chi connectivity index (χ4v) is 3.80. The summed E-state index contributed by atoms with van der Waals surface area (Å²) in [5.41, 5.74) is 3.12. The van der Waals surface area contributed by atoms with Crippen LogP contribution in [0.15, 0.2) is 35.7 Å². The Kier molecular flexibility index (Phi) is 5.14. The molecule has 0 bridgehead atoms. The molecule has 0 unspecified atom stereocenters. The van der Waals surface area contributed by atoms with Crippen LogP contribution in [-0.4, -0.2) is 38.6 Å². The van der Waals surface area contributed by atoms with Crippen molar-refractivity contribution in [2.75, 3.05) is 42.9 Å². The molecule has 1 aliphatic heterocycles. The number of quaternary nitrogens is 1. The molecule has 3 rings (SSSR count). The number of thiophene rings is 1. The number of nitriles is 1. The van der Waals surface area contributed by atoms with Crippen molar-refractivity contribution in [2.24, 2.45) is 0 Å². The van der Waals surface area contributed by atoms with Crippen LogP contribution < -0.4 is 15.1 Å². The maximum atomic E-state index is 12.2. The Morgan fingerprint density at radius 2 is 2.08 bits per heavy atom. The number of piperazine rings is 1. The summed E-state index contributed by atoms with van der Waals surface area (Å²) in [5.74, 6) is -0.0201. The van der Waals surface area contributed by atoms with Crippen molar-refractivity contribution in [2.45, 2.75) is 6.92 Å². The molecule has 1 aliphatic rings. The van der Waals surface area contributed by atoms with E-state index in [1.807, 2.05) is 5.38 Å². The summed E-state index contributed by atoms with van der Waals surface area (Å²) < 4.78 is 0. The number of para-hydroxylation sites is 1. The summed E-state index contributed by atoms with van der Waals surface area (Å²) in [6.07, 6.45) is 0. The number of aryl methyl sites for hydroxylation is 1. The van der Waals surface area contributed by atoms with Crippen LogP contribution >= 0.6 is 11.3 Å². The van der Waals surface area contributed by atoms with E-state index in [1.165, 1.54) is 27.5 Å². The first-order valence-corrected chi connectivity index (χ1v) is 8.97. The number of nitrogens with zero attached hydrogens (tertiary/aromatic N) is 2. The van der Waals surface area contributed by atoms with Crippen molar-refractivity contribution in [1.29, 1.82) is 5.26 Å². The number of hydrogen-bond acceptors (Lipinski definition) is 4. The van der Waals surface area contributed by atoms with Gasteiger partial charge in [-0.05, 0) is 30.0 Å². The minimum absolute atomic E-state index is 0.0201. The monoisotopic (exact) mass is 341 g/mol. The molecule has 0 saturated carbocycles. The molecule has 0 aliphatic carbocycles. The molecule has 1 amide bonds. The summed E-state index contributed by atoms with van der Waals surface area (Å²) in [7, 11) is 0. The van der Waals surface area contributed by atoms with Gasteiger partial charge in [0, 0.05) is 5.69 Å². The van der Waals surface area contributed by atoms with E-state index in [2.05, 4.69) is 47.5 Å². The van der Waals surface area contributed by atoms with Crippen LogP contribution in [0.5, 0.6) is 0 Å². The fourth-order valence-electron chi connectivity index (χ4n) is 3.05.